The molecule has 7 fully saturated rings. The van der Waals surface area contributed by atoms with E-state index in [0.29, 0.717) is 27.5 Å². The van der Waals surface area contributed by atoms with Crippen molar-refractivity contribution in [2.75, 3.05) is 0 Å². The van der Waals surface area contributed by atoms with Crippen molar-refractivity contribution < 1.29 is 37.7 Å². The summed E-state index contributed by atoms with van der Waals surface area (Å²) < 4.78 is 0. The number of rotatable bonds is 15. The van der Waals surface area contributed by atoms with Gasteiger partial charge in [-0.15, -0.1) is 0 Å². The molecule has 15 unspecified atom stereocenters. The zero-order chi connectivity index (χ0) is 90.3. The van der Waals surface area contributed by atoms with Gasteiger partial charge in [-0.05, 0) is 330 Å². The zero-order valence-corrected chi connectivity index (χ0v) is 92.0. The molecule has 7 saturated carbocycles. The van der Waals surface area contributed by atoms with Crippen LogP contribution in [-0.4, -0.2) is 44.9 Å². The third-order valence-electron chi connectivity index (χ3n) is 38.6. The fourth-order valence-corrected chi connectivity index (χ4v) is 61.5. The summed E-state index contributed by atoms with van der Waals surface area (Å²) in [6, 6.07) is 64.0. The second kappa shape index (κ2) is 40.2. The molecule has 22 rings (SSSR count). The van der Waals surface area contributed by atoms with Crippen molar-refractivity contribution in [1.82, 2.24) is 0 Å². The van der Waals surface area contributed by atoms with Gasteiger partial charge in [-0.1, -0.05) is 414 Å². The molecule has 14 aliphatic rings. The SMILES string of the molecule is C1=Cc2cc3c(c(-c4ccccc4)c2C1)CCC3.CC(C)(C)CC1=CC([Si](C)(C)[Si](C)(C)C2C=Cc3c2cc2c(c3-c3ccccc3)CCC2)C=C1.CC(C)(C)CC1CCC([Si](C)(C)[Si](C)(C)C2CCC3C2CC2CCCC2C3c2ccccc2)C1.C[Si](C)(Cl)[Si](C)(C)C1C=Cc2c1cc1c(c2-c2ccccc2)CCC1.[Li+].[Li+].c1ccc(C2C3CCCC3CC3CCCC32)cc1. The monoisotopic (exact) mass is 1850 g/mol. The van der Waals surface area contributed by atoms with Crippen LogP contribution in [-0.2, 0) is 44.9 Å². The topological polar surface area (TPSA) is 0 Å². The summed E-state index contributed by atoms with van der Waals surface area (Å²) in [4.78, 5) is 0. The Hall–Kier alpha value is -4.75. The van der Waals surface area contributed by atoms with Gasteiger partial charge in [0.1, 0.15) is 6.90 Å². The van der Waals surface area contributed by atoms with E-state index in [1.807, 2.05) is 0 Å². The molecule has 0 aliphatic heterocycles. The average molecular weight is 1850 g/mol. The van der Waals surface area contributed by atoms with Crippen molar-refractivity contribution in [3.05, 3.63) is 290 Å². The van der Waals surface area contributed by atoms with Gasteiger partial charge in [0.2, 0.25) is 0 Å². The third kappa shape index (κ3) is 19.9. The molecule has 9 heteroatoms. The van der Waals surface area contributed by atoms with Crippen molar-refractivity contribution in [3.8, 4) is 33.4 Å². The van der Waals surface area contributed by atoms with Gasteiger partial charge >= 0.3 is 37.7 Å². The first kappa shape index (κ1) is 99.3. The van der Waals surface area contributed by atoms with E-state index in [1.54, 1.807) is 104 Å². The van der Waals surface area contributed by atoms with Crippen LogP contribution >= 0.6 is 11.1 Å². The third-order valence-corrected chi connectivity index (χ3v) is 98.3. The number of hydrogen-bond donors (Lipinski definition) is 0. The largest absolute Gasteiger partial charge is 1.00 e. The maximum Gasteiger partial charge on any atom is 1.00 e. The first-order valence-electron chi connectivity index (χ1n) is 52.6. The van der Waals surface area contributed by atoms with Crippen LogP contribution in [0.25, 0.3) is 51.6 Å². The molecule has 131 heavy (non-hydrogen) atoms. The first-order chi connectivity index (χ1) is 61.6. The van der Waals surface area contributed by atoms with Crippen LogP contribution in [0, 0.1) is 64.1 Å². The molecule has 8 aromatic rings. The summed E-state index contributed by atoms with van der Waals surface area (Å²) in [5.41, 5.74) is 37.5. The van der Waals surface area contributed by atoms with Crippen molar-refractivity contribution in [3.63, 3.8) is 0 Å². The van der Waals surface area contributed by atoms with Crippen LogP contribution in [0.5, 0.6) is 0 Å². The Balaban J connectivity index is 0.000000122. The molecule has 0 spiro atoms. The number of allylic oxidation sites excluding steroid dienone is 7. The molecule has 14 aliphatic carbocycles. The molecule has 0 amide bonds. The van der Waals surface area contributed by atoms with Crippen LogP contribution in [0.4, 0.5) is 0 Å². The molecule has 0 nitrogen and oxygen atoms in total. The summed E-state index contributed by atoms with van der Waals surface area (Å²) in [5.74, 6) is 11.0. The maximum atomic E-state index is 7.01. The van der Waals surface area contributed by atoms with E-state index in [1.165, 1.54) is 186 Å². The molecule has 0 saturated heterocycles. The number of fused-ring (bicyclic) bond motifs is 10. The molecule has 8 aromatic carbocycles. The van der Waals surface area contributed by atoms with E-state index in [9.17, 15) is 0 Å². The minimum atomic E-state index is -1.68. The average Bonchev–Trinajstić information content (AvgIpc) is 1.60. The van der Waals surface area contributed by atoms with Gasteiger partial charge in [0.25, 0.3) is 0 Å². The molecule has 682 valence electrons. The summed E-state index contributed by atoms with van der Waals surface area (Å²) in [7, 11) is -7.26. The van der Waals surface area contributed by atoms with Crippen LogP contribution in [0.2, 0.25) is 95.2 Å². The second-order valence-electron chi connectivity index (χ2n) is 49.7. The van der Waals surface area contributed by atoms with Crippen molar-refractivity contribution in [2.45, 2.75) is 339 Å². The number of benzene rings is 8. The van der Waals surface area contributed by atoms with Crippen LogP contribution in [0.1, 0.15) is 277 Å². The Labute approximate surface area is 831 Å². The van der Waals surface area contributed by atoms with Gasteiger partial charge in [0, 0.05) is 15.2 Å². The normalized spacial score (nSPS) is 27.3. The van der Waals surface area contributed by atoms with E-state index < -0.39 is 44.9 Å². The van der Waals surface area contributed by atoms with Gasteiger partial charge in [0.05, 0.1) is 22.8 Å². The summed E-state index contributed by atoms with van der Waals surface area (Å²) in [5, 5.41) is 0. The standard InChI is InChI=1S/C32H54Si2.C32H42Si2.C22H27ClSi2.C18H24.C18H16.2Li/c2*1-32(2,3)22-23-16-17-26(20-23)33(4,5)34(6,7)30-19-18-28-29(30)21-25-14-11-15-27(25)31(28)24-12-9-8-10-13-24;1-24(2,25(3,4)23)21-14-13-19-20(21)15-17-11-8-12-18(17)22(19)16-9-6-5-7-10-16;2*1-2-6-13(7-3-1)18-16-10-4-8-14(16)12-15-9-5-11-17(15)18;;/h8-10,12-13,23,25-31H,11,14-22H2,1-7H3;8-10,12-13,16-21,26,30H,11,14-15,22H2,1-7H3;5-7,9-10,13-15,21H,8,11-12H2,1-4H3;1-3,6-7,14-18H,4-5,8-12H2;1-4,6-8,12H,5,9-11H2;;/q;;;;;2*+1. The van der Waals surface area contributed by atoms with Crippen LogP contribution in [0.15, 0.2) is 212 Å². The summed E-state index contributed by atoms with van der Waals surface area (Å²) in [6.07, 6.45) is 62.0. The molecular formula is C122H163ClLi2Si6+2. The predicted molar refractivity (Wildman–Crippen MR) is 579 cm³/mol. The molecule has 0 radical (unpaired) electrons. The number of hydrogen-bond acceptors (Lipinski definition) is 0. The Kier molecular flexibility index (Phi) is 30.5. The first-order valence-corrected chi connectivity index (χ1v) is 75.0. The fraction of sp³-hybridized carbons (Fsp3) is 0.525. The summed E-state index contributed by atoms with van der Waals surface area (Å²) in [6.45, 7) is 44.9. The van der Waals surface area contributed by atoms with Gasteiger partial charge in [-0.2, -0.15) is 11.1 Å². The molecule has 0 bridgehead atoms. The van der Waals surface area contributed by atoms with Crippen LogP contribution in [0.3, 0.4) is 0 Å². The van der Waals surface area contributed by atoms with E-state index in [2.05, 4.69) is 345 Å². The van der Waals surface area contributed by atoms with E-state index in [-0.39, 0.29) is 37.7 Å². The van der Waals surface area contributed by atoms with Crippen LogP contribution < -0.4 is 37.7 Å². The van der Waals surface area contributed by atoms with E-state index in [0.717, 1.165) is 82.6 Å². The predicted octanol–water partition coefficient (Wildman–Crippen LogP) is 29.5. The van der Waals surface area contributed by atoms with Crippen molar-refractivity contribution in [2.24, 2.45) is 64.1 Å². The minimum absolute atomic E-state index is 0. The van der Waals surface area contributed by atoms with E-state index >= 15 is 0 Å². The summed E-state index contributed by atoms with van der Waals surface area (Å²) >= 11 is 7.01. The Bertz CT molecular complexity index is 5440. The second-order valence-corrected chi connectivity index (χ2v) is 100. The van der Waals surface area contributed by atoms with Gasteiger partial charge in [-0.3, -0.25) is 0 Å². The molecule has 0 aromatic heterocycles. The molecular weight excluding hydrogens is 1680 g/mol. The fourth-order valence-electron chi connectivity index (χ4n) is 30.3. The van der Waals surface area contributed by atoms with Gasteiger partial charge < -0.3 is 0 Å². The quantitative estimate of drug-likeness (QED) is 0.0709. The Morgan fingerprint density at radius 1 is 0.359 bits per heavy atom. The smallest absolute Gasteiger partial charge is 0.171 e. The van der Waals surface area contributed by atoms with Gasteiger partial charge in [-0.25, -0.2) is 0 Å². The maximum absolute atomic E-state index is 7.01. The Morgan fingerprint density at radius 2 is 0.802 bits per heavy atom. The number of aryl methyl sites for hydroxylation is 3. The molecule has 0 heterocycles. The van der Waals surface area contributed by atoms with Crippen molar-refractivity contribution in [1.29, 1.82) is 0 Å². The van der Waals surface area contributed by atoms with Crippen molar-refractivity contribution >= 4 is 74.2 Å². The minimum Gasteiger partial charge on any atom is -0.171 e. The molecule has 15 atom stereocenters. The molecule has 0 N–H and O–H groups in total. The van der Waals surface area contributed by atoms with E-state index in [4.69, 9.17) is 11.1 Å². The van der Waals surface area contributed by atoms with Gasteiger partial charge in [0.15, 0.2) is 0 Å². The zero-order valence-electron chi connectivity index (χ0n) is 85.3. The Morgan fingerprint density at radius 3 is 1.27 bits per heavy atom. The number of halogens is 1.